The van der Waals surface area contributed by atoms with E-state index in [0.717, 1.165) is 15.8 Å². The van der Waals surface area contributed by atoms with E-state index in [1.54, 1.807) is 30.3 Å². The summed E-state index contributed by atoms with van der Waals surface area (Å²) in [6.45, 7) is 1.86. The van der Waals surface area contributed by atoms with E-state index in [9.17, 15) is 9.59 Å². The van der Waals surface area contributed by atoms with Gasteiger partial charge in [-0.25, -0.2) is 0 Å². The summed E-state index contributed by atoms with van der Waals surface area (Å²) in [7, 11) is 0. The van der Waals surface area contributed by atoms with Gasteiger partial charge in [-0.3, -0.25) is 9.59 Å². The fourth-order valence-corrected chi connectivity index (χ4v) is 4.22. The highest BCUT2D eigenvalue weighted by Crippen LogP contribution is 2.23. The van der Waals surface area contributed by atoms with Crippen molar-refractivity contribution in [1.29, 1.82) is 0 Å². The number of rotatable bonds is 6. The third-order valence-electron chi connectivity index (χ3n) is 4.82. The Morgan fingerprint density at radius 3 is 2.50 bits per heavy atom. The van der Waals surface area contributed by atoms with Crippen molar-refractivity contribution in [3.8, 4) is 0 Å². The van der Waals surface area contributed by atoms with Gasteiger partial charge in [0, 0.05) is 26.7 Å². The molecule has 1 heterocycles. The number of carbonyl (C=O) groups excluding carboxylic acids is 2. The lowest BCUT2D eigenvalue weighted by atomic mass is 10.1. The number of nitrogens with one attached hydrogen (secondary N) is 3. The number of amides is 2. The van der Waals surface area contributed by atoms with Crippen LogP contribution in [0.5, 0.6) is 0 Å². The normalized spacial score (nSPS) is 10.6. The molecule has 9 heteroatoms. The molecule has 0 atom stereocenters. The van der Waals surface area contributed by atoms with Crippen molar-refractivity contribution in [2.24, 2.45) is 0 Å². The summed E-state index contributed by atoms with van der Waals surface area (Å²) in [6.07, 6.45) is 0. The van der Waals surface area contributed by atoms with Crippen LogP contribution in [0.3, 0.4) is 0 Å². The molecule has 0 spiro atoms. The molecule has 6 nitrogen and oxygen atoms in total. The first-order valence-electron chi connectivity index (χ1n) is 10.3. The Morgan fingerprint density at radius 1 is 1.00 bits per heavy atom. The number of para-hydroxylation sites is 1. The van der Waals surface area contributed by atoms with Gasteiger partial charge in [-0.1, -0.05) is 29.8 Å². The predicted octanol–water partition coefficient (Wildman–Crippen LogP) is 6.25. The van der Waals surface area contributed by atoms with Crippen LogP contribution in [0.2, 0.25) is 5.02 Å². The first kappa shape index (κ1) is 23.8. The molecule has 4 aromatic rings. The zero-order valence-corrected chi connectivity index (χ0v) is 20.4. The zero-order chi connectivity index (χ0) is 24.1. The van der Waals surface area contributed by atoms with Gasteiger partial charge in [0.1, 0.15) is 5.58 Å². The standard InChI is InChI=1S/C25H20ClN3O3S2/c1-15-12-18(27-25(33)29-23(30)14-34-19-9-6-17(26)7-10-19)8-11-20(15)28-24(31)22-13-16-4-2-3-5-21(16)32-22/h2-13H,14H2,1H3,(H,28,31)(H2,27,29,30,33). The van der Waals surface area contributed by atoms with E-state index in [1.807, 2.05) is 49.4 Å². The van der Waals surface area contributed by atoms with Gasteiger partial charge < -0.3 is 20.4 Å². The summed E-state index contributed by atoms with van der Waals surface area (Å²) in [5.74, 6) is -0.0945. The zero-order valence-electron chi connectivity index (χ0n) is 18.1. The number of anilines is 2. The van der Waals surface area contributed by atoms with E-state index in [1.165, 1.54) is 11.8 Å². The molecule has 0 radical (unpaired) electrons. The molecule has 1 aromatic heterocycles. The van der Waals surface area contributed by atoms with E-state index in [0.29, 0.717) is 22.0 Å². The molecule has 3 aromatic carbocycles. The van der Waals surface area contributed by atoms with Crippen molar-refractivity contribution < 1.29 is 14.0 Å². The van der Waals surface area contributed by atoms with Crippen LogP contribution < -0.4 is 16.0 Å². The number of carbonyl (C=O) groups is 2. The molecule has 0 unspecified atom stereocenters. The van der Waals surface area contributed by atoms with Crippen LogP contribution in [0.15, 0.2) is 82.1 Å². The Bertz CT molecular complexity index is 1340. The van der Waals surface area contributed by atoms with E-state index < -0.39 is 0 Å². The summed E-state index contributed by atoms with van der Waals surface area (Å²) < 4.78 is 5.62. The van der Waals surface area contributed by atoms with Gasteiger partial charge in [-0.05, 0) is 79.3 Å². The van der Waals surface area contributed by atoms with E-state index in [2.05, 4.69) is 16.0 Å². The number of thioether (sulfide) groups is 1. The average molecular weight is 510 g/mol. The van der Waals surface area contributed by atoms with Gasteiger partial charge >= 0.3 is 0 Å². The molecule has 0 aliphatic rings. The van der Waals surface area contributed by atoms with Crippen LogP contribution in [-0.2, 0) is 4.79 Å². The van der Waals surface area contributed by atoms with Crippen LogP contribution in [0.1, 0.15) is 16.1 Å². The molecular formula is C25H20ClN3O3S2. The highest BCUT2D eigenvalue weighted by molar-refractivity contribution is 8.00. The lowest BCUT2D eigenvalue weighted by Gasteiger charge is -2.12. The van der Waals surface area contributed by atoms with Gasteiger partial charge in [0.15, 0.2) is 10.9 Å². The quantitative estimate of drug-likeness (QED) is 0.210. The minimum atomic E-state index is -0.332. The highest BCUT2D eigenvalue weighted by Gasteiger charge is 2.14. The van der Waals surface area contributed by atoms with Crippen molar-refractivity contribution in [3.63, 3.8) is 0 Å². The Kier molecular flexibility index (Phi) is 7.52. The molecule has 3 N–H and O–H groups in total. The van der Waals surface area contributed by atoms with Gasteiger partial charge in [0.05, 0.1) is 5.75 Å². The third kappa shape index (κ3) is 6.17. The van der Waals surface area contributed by atoms with Crippen LogP contribution in [-0.4, -0.2) is 22.7 Å². The summed E-state index contributed by atoms with van der Waals surface area (Å²) >= 11 is 12.5. The topological polar surface area (TPSA) is 83.4 Å². The second-order valence-electron chi connectivity index (χ2n) is 7.38. The molecular weight excluding hydrogens is 490 g/mol. The van der Waals surface area contributed by atoms with Crippen LogP contribution in [0.25, 0.3) is 11.0 Å². The van der Waals surface area contributed by atoms with E-state index in [4.69, 9.17) is 28.2 Å². The van der Waals surface area contributed by atoms with Crippen molar-refractivity contribution in [3.05, 3.63) is 89.1 Å². The Balaban J connectivity index is 1.30. The SMILES string of the molecule is Cc1cc(NC(=S)NC(=O)CSc2ccc(Cl)cc2)ccc1NC(=O)c1cc2ccccc2o1. The Labute approximate surface area is 211 Å². The second-order valence-corrected chi connectivity index (χ2v) is 9.27. The van der Waals surface area contributed by atoms with Crippen molar-refractivity contribution in [2.45, 2.75) is 11.8 Å². The van der Waals surface area contributed by atoms with Crippen LogP contribution in [0.4, 0.5) is 11.4 Å². The van der Waals surface area contributed by atoms with Crippen molar-refractivity contribution >= 4 is 74.9 Å². The number of hydrogen-bond acceptors (Lipinski definition) is 5. The smallest absolute Gasteiger partial charge is 0.291 e. The number of aryl methyl sites for hydroxylation is 1. The largest absolute Gasteiger partial charge is 0.451 e. The van der Waals surface area contributed by atoms with Crippen molar-refractivity contribution in [2.75, 3.05) is 16.4 Å². The van der Waals surface area contributed by atoms with Crippen molar-refractivity contribution in [1.82, 2.24) is 5.32 Å². The fourth-order valence-electron chi connectivity index (χ4n) is 3.16. The van der Waals surface area contributed by atoms with Gasteiger partial charge in [-0.15, -0.1) is 11.8 Å². The highest BCUT2D eigenvalue weighted by atomic mass is 35.5. The average Bonchev–Trinajstić information content (AvgIpc) is 3.25. The van der Waals surface area contributed by atoms with Crippen LogP contribution in [0, 0.1) is 6.92 Å². The van der Waals surface area contributed by atoms with Gasteiger partial charge in [0.25, 0.3) is 5.91 Å². The summed E-state index contributed by atoms with van der Waals surface area (Å²) in [5.41, 5.74) is 2.81. The fraction of sp³-hybridized carbons (Fsp3) is 0.0800. The lowest BCUT2D eigenvalue weighted by Crippen LogP contribution is -2.35. The molecule has 0 bridgehead atoms. The maximum Gasteiger partial charge on any atom is 0.291 e. The number of thiocarbonyl (C=S) groups is 1. The molecule has 0 aliphatic carbocycles. The monoisotopic (exact) mass is 509 g/mol. The first-order chi connectivity index (χ1) is 16.4. The molecule has 2 amide bonds. The third-order valence-corrected chi connectivity index (χ3v) is 6.29. The summed E-state index contributed by atoms with van der Waals surface area (Å²) in [6, 6.07) is 21.8. The minimum Gasteiger partial charge on any atom is -0.451 e. The number of furan rings is 1. The van der Waals surface area contributed by atoms with E-state index >= 15 is 0 Å². The maximum absolute atomic E-state index is 12.6. The number of fused-ring (bicyclic) bond motifs is 1. The molecule has 172 valence electrons. The number of benzene rings is 3. The van der Waals surface area contributed by atoms with Crippen LogP contribution >= 0.6 is 35.6 Å². The molecule has 4 rings (SSSR count). The lowest BCUT2D eigenvalue weighted by molar-refractivity contribution is -0.117. The maximum atomic E-state index is 12.6. The first-order valence-corrected chi connectivity index (χ1v) is 12.0. The summed E-state index contributed by atoms with van der Waals surface area (Å²) in [4.78, 5) is 25.7. The molecule has 34 heavy (non-hydrogen) atoms. The van der Waals surface area contributed by atoms with Gasteiger partial charge in [0.2, 0.25) is 5.91 Å². The second kappa shape index (κ2) is 10.7. The number of hydrogen-bond donors (Lipinski definition) is 3. The molecule has 0 fully saturated rings. The summed E-state index contributed by atoms with van der Waals surface area (Å²) in [5, 5.41) is 10.2. The van der Waals surface area contributed by atoms with Gasteiger partial charge in [-0.2, -0.15) is 0 Å². The number of halogens is 1. The van der Waals surface area contributed by atoms with E-state index in [-0.39, 0.29) is 28.4 Å². The molecule has 0 saturated carbocycles. The Hall–Kier alpha value is -3.33. The molecule has 0 aliphatic heterocycles. The molecule has 0 saturated heterocycles. The predicted molar refractivity (Wildman–Crippen MR) is 142 cm³/mol. The minimum absolute atomic E-state index is 0.195. The Morgan fingerprint density at radius 2 is 1.76 bits per heavy atom.